The third-order valence-electron chi connectivity index (χ3n) is 6.13. The van der Waals surface area contributed by atoms with Gasteiger partial charge in [0.05, 0.1) is 13.0 Å². The summed E-state index contributed by atoms with van der Waals surface area (Å²) in [6.07, 6.45) is 2.86. The van der Waals surface area contributed by atoms with Crippen LogP contribution < -0.4 is 10.6 Å². The van der Waals surface area contributed by atoms with Gasteiger partial charge in [-0.3, -0.25) is 9.59 Å². The zero-order valence-electron chi connectivity index (χ0n) is 18.5. The second-order valence-corrected chi connectivity index (χ2v) is 8.00. The predicted molar refractivity (Wildman–Crippen MR) is 118 cm³/mol. The second kappa shape index (κ2) is 10.3. The van der Waals surface area contributed by atoms with Crippen LogP contribution in [-0.2, 0) is 28.6 Å². The highest BCUT2D eigenvalue weighted by molar-refractivity contribution is 5.96. The molecule has 9 nitrogen and oxygen atoms in total. The molecule has 3 rings (SSSR count). The number of rotatable bonds is 10. The molecule has 2 aliphatic rings. The number of amides is 2. The molecule has 2 aliphatic carbocycles. The molecule has 2 amide bonds. The SMILES string of the molecule is C=CCOC(=O)N[C@@]1(C(=O)NC(C(=O)OC)c2ccccc2)CC[C@H]2C(C(=O)OCC=C)[C@H]21. The predicted octanol–water partition coefficient (Wildman–Crippen LogP) is 2.05. The Morgan fingerprint density at radius 2 is 1.79 bits per heavy atom. The zero-order chi connectivity index (χ0) is 24.0. The van der Waals surface area contributed by atoms with E-state index in [1.54, 1.807) is 30.3 Å². The van der Waals surface area contributed by atoms with Crippen LogP contribution in [0, 0.1) is 17.8 Å². The quantitative estimate of drug-likeness (QED) is 0.314. The van der Waals surface area contributed by atoms with Crippen molar-refractivity contribution < 1.29 is 33.4 Å². The summed E-state index contributed by atoms with van der Waals surface area (Å²) < 4.78 is 15.1. The standard InChI is InChI=1S/C24H28N2O7/c1-4-13-32-20(27)17-16-11-12-24(18(16)17,26-23(30)33-14-5-2)22(29)25-19(21(28)31-3)15-9-7-6-8-10-15/h4-10,16-19H,1-2,11-14H2,3H3,(H,25,29)(H,26,30)/t16-,17?,18-,19?,24-/m0/s1. The first-order valence-electron chi connectivity index (χ1n) is 10.7. The van der Waals surface area contributed by atoms with Crippen LogP contribution in [0.5, 0.6) is 0 Å². The number of carbonyl (C=O) groups excluding carboxylic acids is 4. The van der Waals surface area contributed by atoms with Gasteiger partial charge in [0.15, 0.2) is 6.04 Å². The van der Waals surface area contributed by atoms with Gasteiger partial charge in [-0.25, -0.2) is 9.59 Å². The summed E-state index contributed by atoms with van der Waals surface area (Å²) in [5, 5.41) is 5.39. The molecule has 1 aromatic rings. The highest BCUT2D eigenvalue weighted by atomic mass is 16.5. The number of hydrogen-bond acceptors (Lipinski definition) is 7. The van der Waals surface area contributed by atoms with Gasteiger partial charge in [0.1, 0.15) is 18.8 Å². The number of nitrogens with one attached hydrogen (secondary N) is 2. The van der Waals surface area contributed by atoms with Gasteiger partial charge in [0, 0.05) is 5.92 Å². The molecule has 5 atom stereocenters. The lowest BCUT2D eigenvalue weighted by molar-refractivity contribution is -0.148. The first-order valence-corrected chi connectivity index (χ1v) is 10.7. The van der Waals surface area contributed by atoms with Crippen molar-refractivity contribution in [1.82, 2.24) is 10.6 Å². The fraction of sp³-hybridized carbons (Fsp3) is 0.417. The minimum atomic E-state index is -1.44. The van der Waals surface area contributed by atoms with Gasteiger partial charge in [-0.2, -0.15) is 0 Å². The highest BCUT2D eigenvalue weighted by Crippen LogP contribution is 2.63. The van der Waals surface area contributed by atoms with Gasteiger partial charge in [0.2, 0.25) is 5.91 Å². The van der Waals surface area contributed by atoms with Gasteiger partial charge in [-0.1, -0.05) is 55.6 Å². The van der Waals surface area contributed by atoms with Crippen LogP contribution in [0.3, 0.4) is 0 Å². The van der Waals surface area contributed by atoms with Gasteiger partial charge >= 0.3 is 18.0 Å². The van der Waals surface area contributed by atoms with E-state index in [0.29, 0.717) is 12.0 Å². The molecule has 0 bridgehead atoms. The summed E-state index contributed by atoms with van der Waals surface area (Å²) in [4.78, 5) is 51.0. The summed E-state index contributed by atoms with van der Waals surface area (Å²) in [6.45, 7) is 7.04. The van der Waals surface area contributed by atoms with Crippen molar-refractivity contribution >= 4 is 23.9 Å². The Bertz CT molecular complexity index is 932. The molecule has 2 saturated carbocycles. The molecule has 0 saturated heterocycles. The average Bonchev–Trinajstić information content (AvgIpc) is 3.46. The molecule has 0 radical (unpaired) electrons. The number of esters is 2. The monoisotopic (exact) mass is 456 g/mol. The van der Waals surface area contributed by atoms with E-state index in [-0.39, 0.29) is 25.6 Å². The third-order valence-corrected chi connectivity index (χ3v) is 6.13. The van der Waals surface area contributed by atoms with Crippen LogP contribution in [0.15, 0.2) is 55.6 Å². The van der Waals surface area contributed by atoms with E-state index in [1.807, 2.05) is 0 Å². The van der Waals surface area contributed by atoms with Crippen molar-refractivity contribution in [2.24, 2.45) is 17.8 Å². The van der Waals surface area contributed by atoms with E-state index in [2.05, 4.69) is 23.8 Å². The summed E-state index contributed by atoms with van der Waals surface area (Å²) >= 11 is 0. The van der Waals surface area contributed by atoms with Crippen molar-refractivity contribution in [1.29, 1.82) is 0 Å². The highest BCUT2D eigenvalue weighted by Gasteiger charge is 2.72. The Labute approximate surface area is 192 Å². The van der Waals surface area contributed by atoms with Crippen molar-refractivity contribution in [2.75, 3.05) is 20.3 Å². The van der Waals surface area contributed by atoms with Crippen molar-refractivity contribution in [3.63, 3.8) is 0 Å². The van der Waals surface area contributed by atoms with E-state index < -0.39 is 47.4 Å². The molecule has 33 heavy (non-hydrogen) atoms. The largest absolute Gasteiger partial charge is 0.467 e. The lowest BCUT2D eigenvalue weighted by atomic mass is 9.88. The van der Waals surface area contributed by atoms with Gasteiger partial charge in [-0.15, -0.1) is 0 Å². The van der Waals surface area contributed by atoms with E-state index in [9.17, 15) is 19.2 Å². The van der Waals surface area contributed by atoms with E-state index in [4.69, 9.17) is 14.2 Å². The number of methoxy groups -OCH3 is 1. The molecular formula is C24H28N2O7. The molecule has 0 heterocycles. The van der Waals surface area contributed by atoms with Crippen LogP contribution >= 0.6 is 0 Å². The van der Waals surface area contributed by atoms with E-state index in [1.165, 1.54) is 19.3 Å². The Morgan fingerprint density at radius 1 is 1.12 bits per heavy atom. The zero-order valence-corrected chi connectivity index (χ0v) is 18.5. The molecule has 0 spiro atoms. The van der Waals surface area contributed by atoms with Crippen LogP contribution in [-0.4, -0.2) is 49.8 Å². The van der Waals surface area contributed by atoms with Gasteiger partial charge in [-0.05, 0) is 24.3 Å². The second-order valence-electron chi connectivity index (χ2n) is 8.00. The molecule has 0 aliphatic heterocycles. The lowest BCUT2D eigenvalue weighted by Gasteiger charge is -2.33. The number of carbonyl (C=O) groups is 4. The normalized spacial score (nSPS) is 25.5. The molecule has 0 aromatic heterocycles. The summed E-state index contributed by atoms with van der Waals surface area (Å²) in [6, 6.07) is 7.53. The lowest BCUT2D eigenvalue weighted by Crippen LogP contribution is -2.61. The Balaban J connectivity index is 1.87. The fourth-order valence-corrected chi connectivity index (χ4v) is 4.65. The van der Waals surface area contributed by atoms with Crippen LogP contribution in [0.1, 0.15) is 24.4 Å². The van der Waals surface area contributed by atoms with Crippen molar-refractivity contribution in [3.05, 3.63) is 61.2 Å². The van der Waals surface area contributed by atoms with E-state index >= 15 is 0 Å². The number of alkyl carbamates (subject to hydrolysis) is 1. The van der Waals surface area contributed by atoms with E-state index in [0.717, 1.165) is 0 Å². The molecule has 176 valence electrons. The Kier molecular flexibility index (Phi) is 7.52. The molecule has 2 unspecified atom stereocenters. The molecular weight excluding hydrogens is 428 g/mol. The number of hydrogen-bond donors (Lipinski definition) is 2. The van der Waals surface area contributed by atoms with Gasteiger partial charge in [0.25, 0.3) is 0 Å². The van der Waals surface area contributed by atoms with Gasteiger partial charge < -0.3 is 24.8 Å². The molecule has 9 heteroatoms. The van der Waals surface area contributed by atoms with Crippen molar-refractivity contribution in [3.8, 4) is 0 Å². The topological polar surface area (TPSA) is 120 Å². The van der Waals surface area contributed by atoms with Crippen LogP contribution in [0.25, 0.3) is 0 Å². The first kappa shape index (κ1) is 24.0. The smallest absolute Gasteiger partial charge is 0.408 e. The van der Waals surface area contributed by atoms with Crippen molar-refractivity contribution in [2.45, 2.75) is 24.4 Å². The maximum Gasteiger partial charge on any atom is 0.408 e. The maximum atomic E-state index is 13.6. The minimum Gasteiger partial charge on any atom is -0.467 e. The Morgan fingerprint density at radius 3 is 2.42 bits per heavy atom. The summed E-state index contributed by atoms with van der Waals surface area (Å²) in [5.74, 6) is -2.86. The number of benzene rings is 1. The first-order chi connectivity index (χ1) is 15.9. The number of fused-ring (bicyclic) bond motifs is 1. The third kappa shape index (κ3) is 4.92. The molecule has 1 aromatic carbocycles. The molecule has 2 N–H and O–H groups in total. The number of ether oxygens (including phenoxy) is 3. The average molecular weight is 456 g/mol. The van der Waals surface area contributed by atoms with Crippen LogP contribution in [0.4, 0.5) is 4.79 Å². The van der Waals surface area contributed by atoms with Crippen LogP contribution in [0.2, 0.25) is 0 Å². The fourth-order valence-electron chi connectivity index (χ4n) is 4.65. The molecule has 2 fully saturated rings. The summed E-state index contributed by atoms with van der Waals surface area (Å²) in [5.41, 5.74) is -0.920. The minimum absolute atomic E-state index is 0.0444. The summed E-state index contributed by atoms with van der Waals surface area (Å²) in [7, 11) is 1.23. The maximum absolute atomic E-state index is 13.6. The Hall–Kier alpha value is -3.62.